The summed E-state index contributed by atoms with van der Waals surface area (Å²) in [6, 6.07) is 0. The van der Waals surface area contributed by atoms with Gasteiger partial charge in [-0.3, -0.25) is 9.59 Å². The summed E-state index contributed by atoms with van der Waals surface area (Å²) in [6.45, 7) is 2.20. The van der Waals surface area contributed by atoms with Gasteiger partial charge in [-0.2, -0.15) is 24.9 Å². The molecule has 0 radical (unpaired) electrons. The standard InChI is InChI=1S/C21H35F3O4S/c1-2-28-20(27)11-6-4-3-5-10-17-18(26)12-13-19(17)29-15-16(25)9-7-8-14-21(22,23)24/h16-17,19,25H,2-15H2,1H3. The summed E-state index contributed by atoms with van der Waals surface area (Å²) in [7, 11) is 0. The molecule has 0 heterocycles. The Morgan fingerprint density at radius 2 is 1.93 bits per heavy atom. The molecule has 0 aromatic rings. The number of unbranched alkanes of at least 4 members (excludes halogenated alkanes) is 4. The summed E-state index contributed by atoms with van der Waals surface area (Å²) in [6.07, 6.45) is 1.55. The van der Waals surface area contributed by atoms with Gasteiger partial charge >= 0.3 is 12.1 Å². The number of carbonyl (C=O) groups excluding carboxylic acids is 2. The van der Waals surface area contributed by atoms with Crippen LogP contribution >= 0.6 is 11.8 Å². The fourth-order valence-electron chi connectivity index (χ4n) is 3.67. The van der Waals surface area contributed by atoms with Crippen molar-refractivity contribution in [1.82, 2.24) is 0 Å². The molecule has 8 heteroatoms. The van der Waals surface area contributed by atoms with E-state index in [-0.39, 0.29) is 29.3 Å². The highest BCUT2D eigenvalue weighted by molar-refractivity contribution is 8.00. The molecule has 3 atom stereocenters. The van der Waals surface area contributed by atoms with Gasteiger partial charge in [-0.1, -0.05) is 25.7 Å². The molecular formula is C21H35F3O4S. The maximum atomic E-state index is 12.2. The number of alkyl halides is 3. The normalized spacial score (nSPS) is 20.8. The van der Waals surface area contributed by atoms with Crippen LogP contribution in [-0.2, 0) is 14.3 Å². The van der Waals surface area contributed by atoms with Crippen LogP contribution in [0, 0.1) is 5.92 Å². The van der Waals surface area contributed by atoms with Gasteiger partial charge < -0.3 is 9.84 Å². The molecule has 29 heavy (non-hydrogen) atoms. The molecule has 0 bridgehead atoms. The van der Waals surface area contributed by atoms with E-state index in [4.69, 9.17) is 4.74 Å². The summed E-state index contributed by atoms with van der Waals surface area (Å²) in [5.41, 5.74) is 0. The van der Waals surface area contributed by atoms with Gasteiger partial charge in [0.05, 0.1) is 12.7 Å². The van der Waals surface area contributed by atoms with Gasteiger partial charge in [0.1, 0.15) is 5.78 Å². The summed E-state index contributed by atoms with van der Waals surface area (Å²) in [4.78, 5) is 23.5. The lowest BCUT2D eigenvalue weighted by molar-refractivity contribution is -0.143. The van der Waals surface area contributed by atoms with E-state index in [0.29, 0.717) is 38.0 Å². The number of esters is 1. The average Bonchev–Trinajstić information content (AvgIpc) is 2.99. The van der Waals surface area contributed by atoms with Gasteiger partial charge in [0.2, 0.25) is 0 Å². The second-order valence-corrected chi connectivity index (χ2v) is 9.03. The Morgan fingerprint density at radius 1 is 1.21 bits per heavy atom. The monoisotopic (exact) mass is 440 g/mol. The van der Waals surface area contributed by atoms with E-state index in [2.05, 4.69) is 0 Å². The Bertz CT molecular complexity index is 485. The quantitative estimate of drug-likeness (QED) is 0.271. The zero-order valence-corrected chi connectivity index (χ0v) is 18.2. The lowest BCUT2D eigenvalue weighted by atomic mass is 9.98. The molecule has 0 amide bonds. The number of ether oxygens (including phenoxy) is 1. The summed E-state index contributed by atoms with van der Waals surface area (Å²) in [5.74, 6) is 0.614. The SMILES string of the molecule is CCOC(=O)CCCCCCC1C(=O)CCC1SCC(O)CCCCC(F)(F)F. The van der Waals surface area contributed by atoms with Crippen LogP contribution in [0.5, 0.6) is 0 Å². The third-order valence-electron chi connectivity index (χ3n) is 5.24. The van der Waals surface area contributed by atoms with Crippen molar-refractivity contribution in [3.8, 4) is 0 Å². The van der Waals surface area contributed by atoms with E-state index in [1.165, 1.54) is 0 Å². The van der Waals surface area contributed by atoms with E-state index >= 15 is 0 Å². The fourth-order valence-corrected chi connectivity index (χ4v) is 5.11. The number of halogens is 3. The van der Waals surface area contributed by atoms with Crippen LogP contribution in [0.4, 0.5) is 13.2 Å². The number of hydrogen-bond donors (Lipinski definition) is 1. The summed E-state index contributed by atoms with van der Waals surface area (Å²) >= 11 is 1.59. The highest BCUT2D eigenvalue weighted by Gasteiger charge is 2.34. The van der Waals surface area contributed by atoms with E-state index in [1.807, 2.05) is 0 Å². The number of hydrogen-bond acceptors (Lipinski definition) is 5. The molecule has 0 aromatic carbocycles. The lowest BCUT2D eigenvalue weighted by Crippen LogP contribution is -2.20. The number of ketones is 1. The Kier molecular flexibility index (Phi) is 12.9. The molecule has 0 aromatic heterocycles. The van der Waals surface area contributed by atoms with Crippen molar-refractivity contribution in [2.45, 2.75) is 102 Å². The van der Waals surface area contributed by atoms with Crippen molar-refractivity contribution in [3.05, 3.63) is 0 Å². The molecule has 1 fully saturated rings. The molecule has 0 spiro atoms. The van der Waals surface area contributed by atoms with Gasteiger partial charge in [-0.05, 0) is 39.0 Å². The van der Waals surface area contributed by atoms with Crippen molar-refractivity contribution in [3.63, 3.8) is 0 Å². The molecule has 3 unspecified atom stereocenters. The molecule has 1 N–H and O–H groups in total. The minimum atomic E-state index is -4.13. The minimum Gasteiger partial charge on any atom is -0.466 e. The van der Waals surface area contributed by atoms with Gasteiger partial charge in [-0.25, -0.2) is 0 Å². The highest BCUT2D eigenvalue weighted by Crippen LogP contribution is 2.36. The summed E-state index contributed by atoms with van der Waals surface area (Å²) in [5, 5.41) is 10.2. The van der Waals surface area contributed by atoms with Crippen LogP contribution in [0.25, 0.3) is 0 Å². The Balaban J connectivity index is 2.17. The van der Waals surface area contributed by atoms with E-state index in [0.717, 1.165) is 38.5 Å². The van der Waals surface area contributed by atoms with Gasteiger partial charge in [0.25, 0.3) is 0 Å². The van der Waals surface area contributed by atoms with E-state index in [1.54, 1.807) is 18.7 Å². The third-order valence-corrected chi connectivity index (χ3v) is 6.81. The van der Waals surface area contributed by atoms with Crippen LogP contribution in [0.15, 0.2) is 0 Å². The molecular weight excluding hydrogens is 405 g/mol. The van der Waals surface area contributed by atoms with Crippen LogP contribution in [0.1, 0.15) is 84.0 Å². The molecule has 1 rings (SSSR count). The summed E-state index contributed by atoms with van der Waals surface area (Å²) < 4.78 is 41.3. The number of rotatable bonds is 15. The molecule has 0 aliphatic heterocycles. The van der Waals surface area contributed by atoms with Gasteiger partial charge in [0, 0.05) is 36.2 Å². The first-order valence-corrected chi connectivity index (χ1v) is 11.8. The maximum absolute atomic E-state index is 12.2. The number of Topliss-reactive ketones (excluding diaryl/α,β-unsaturated/α-hetero) is 1. The van der Waals surface area contributed by atoms with Crippen LogP contribution in [0.3, 0.4) is 0 Å². The average molecular weight is 441 g/mol. The molecule has 1 aliphatic rings. The van der Waals surface area contributed by atoms with Crippen molar-refractivity contribution in [2.75, 3.05) is 12.4 Å². The third kappa shape index (κ3) is 12.5. The zero-order valence-electron chi connectivity index (χ0n) is 17.3. The topological polar surface area (TPSA) is 63.6 Å². The molecule has 4 nitrogen and oxygen atoms in total. The first-order valence-electron chi connectivity index (χ1n) is 10.8. The zero-order chi connectivity index (χ0) is 21.7. The predicted octanol–water partition coefficient (Wildman–Crippen LogP) is 5.45. The molecule has 170 valence electrons. The molecule has 0 saturated heterocycles. The Morgan fingerprint density at radius 3 is 2.62 bits per heavy atom. The van der Waals surface area contributed by atoms with E-state index in [9.17, 15) is 27.9 Å². The van der Waals surface area contributed by atoms with Crippen LogP contribution in [-0.4, -0.2) is 46.7 Å². The van der Waals surface area contributed by atoms with Crippen molar-refractivity contribution in [2.24, 2.45) is 5.92 Å². The Hall–Kier alpha value is -0.760. The van der Waals surface area contributed by atoms with Crippen LogP contribution in [0.2, 0.25) is 0 Å². The second-order valence-electron chi connectivity index (χ2n) is 7.76. The maximum Gasteiger partial charge on any atom is 0.389 e. The highest BCUT2D eigenvalue weighted by atomic mass is 32.2. The lowest BCUT2D eigenvalue weighted by Gasteiger charge is -2.20. The number of aliphatic hydroxyl groups excluding tert-OH is 1. The molecule has 1 aliphatic carbocycles. The first kappa shape index (κ1) is 26.3. The van der Waals surface area contributed by atoms with Gasteiger partial charge in [0.15, 0.2) is 0 Å². The van der Waals surface area contributed by atoms with Crippen molar-refractivity contribution < 1.29 is 32.6 Å². The predicted molar refractivity (Wildman–Crippen MR) is 109 cm³/mol. The smallest absolute Gasteiger partial charge is 0.389 e. The fraction of sp³-hybridized carbons (Fsp3) is 0.905. The minimum absolute atomic E-state index is 0.0162. The number of carbonyl (C=O) groups is 2. The first-order chi connectivity index (χ1) is 13.7. The van der Waals surface area contributed by atoms with Crippen LogP contribution < -0.4 is 0 Å². The number of thioether (sulfide) groups is 1. The van der Waals surface area contributed by atoms with E-state index < -0.39 is 18.7 Å². The molecule has 1 saturated carbocycles. The number of aliphatic hydroxyl groups is 1. The Labute approximate surface area is 176 Å². The second kappa shape index (κ2) is 14.3. The van der Waals surface area contributed by atoms with Gasteiger partial charge in [-0.15, -0.1) is 0 Å². The van der Waals surface area contributed by atoms with Crippen molar-refractivity contribution >= 4 is 23.5 Å². The largest absolute Gasteiger partial charge is 0.466 e. The van der Waals surface area contributed by atoms with Crippen molar-refractivity contribution in [1.29, 1.82) is 0 Å².